The van der Waals surface area contributed by atoms with Crippen LogP contribution >= 0.6 is 11.6 Å². The fourth-order valence-electron chi connectivity index (χ4n) is 2.18. The molecule has 1 aliphatic heterocycles. The number of aliphatic hydroxyl groups excluding tert-OH is 1. The van der Waals surface area contributed by atoms with Crippen molar-refractivity contribution >= 4 is 11.6 Å². The van der Waals surface area contributed by atoms with Gasteiger partial charge in [0.25, 0.3) is 0 Å². The second-order valence-corrected chi connectivity index (χ2v) is 5.06. The lowest BCUT2D eigenvalue weighted by atomic mass is 10.2. The molecular weight excluding hydrogens is 292 g/mol. The van der Waals surface area contributed by atoms with E-state index in [1.54, 1.807) is 6.07 Å². The molecule has 0 aromatic heterocycles. The monoisotopic (exact) mass is 306 g/mol. The molecule has 1 heterocycles. The molecule has 0 amide bonds. The summed E-state index contributed by atoms with van der Waals surface area (Å²) in [5.74, 6) is 1.89. The van der Waals surface area contributed by atoms with Gasteiger partial charge in [-0.2, -0.15) is 0 Å². The van der Waals surface area contributed by atoms with Crippen LogP contribution in [0.5, 0.6) is 17.2 Å². The summed E-state index contributed by atoms with van der Waals surface area (Å²) in [6, 6.07) is 11.0. The highest BCUT2D eigenvalue weighted by atomic mass is 35.5. The number of para-hydroxylation sites is 1. The summed E-state index contributed by atoms with van der Waals surface area (Å²) >= 11 is 6.19. The lowest BCUT2D eigenvalue weighted by molar-refractivity contribution is 0.171. The fourth-order valence-corrected chi connectivity index (χ4v) is 2.47. The highest BCUT2D eigenvalue weighted by molar-refractivity contribution is 6.32. The van der Waals surface area contributed by atoms with Gasteiger partial charge in [-0.15, -0.1) is 0 Å². The first-order chi connectivity index (χ1) is 10.3. The van der Waals surface area contributed by atoms with E-state index in [0.29, 0.717) is 42.1 Å². The molecule has 2 aromatic carbocycles. The molecule has 0 radical (unpaired) electrons. The first-order valence-corrected chi connectivity index (χ1v) is 7.05. The number of hydrogen-bond donors (Lipinski definition) is 1. The molecule has 0 spiro atoms. The minimum Gasteiger partial charge on any atom is -0.489 e. The Labute approximate surface area is 127 Å². The van der Waals surface area contributed by atoms with Crippen molar-refractivity contribution in [3.63, 3.8) is 0 Å². The lowest BCUT2D eigenvalue weighted by Gasteiger charge is -2.20. The molecule has 0 aliphatic carbocycles. The summed E-state index contributed by atoms with van der Waals surface area (Å²) in [5, 5.41) is 9.80. The first-order valence-electron chi connectivity index (χ1n) is 6.67. The summed E-state index contributed by atoms with van der Waals surface area (Å²) < 4.78 is 16.8. The van der Waals surface area contributed by atoms with E-state index in [2.05, 4.69) is 0 Å². The van der Waals surface area contributed by atoms with E-state index in [4.69, 9.17) is 25.8 Å². The summed E-state index contributed by atoms with van der Waals surface area (Å²) in [6.45, 7) is 1.30. The van der Waals surface area contributed by atoms with E-state index in [0.717, 1.165) is 11.1 Å². The van der Waals surface area contributed by atoms with Crippen LogP contribution in [-0.2, 0) is 13.2 Å². The maximum absolute atomic E-state index is 9.28. The Bertz CT molecular complexity index is 642. The van der Waals surface area contributed by atoms with Gasteiger partial charge in [0.1, 0.15) is 25.6 Å². The summed E-state index contributed by atoms with van der Waals surface area (Å²) in [4.78, 5) is 0. The third-order valence-corrected chi connectivity index (χ3v) is 3.47. The van der Waals surface area contributed by atoms with Gasteiger partial charge < -0.3 is 19.3 Å². The van der Waals surface area contributed by atoms with E-state index in [-0.39, 0.29) is 6.61 Å². The molecule has 0 bridgehead atoms. The van der Waals surface area contributed by atoms with Crippen molar-refractivity contribution in [2.24, 2.45) is 0 Å². The zero-order chi connectivity index (χ0) is 14.7. The van der Waals surface area contributed by atoms with Gasteiger partial charge >= 0.3 is 0 Å². The molecule has 110 valence electrons. The van der Waals surface area contributed by atoms with Crippen molar-refractivity contribution in [1.29, 1.82) is 0 Å². The molecule has 3 rings (SSSR count). The average molecular weight is 307 g/mol. The van der Waals surface area contributed by atoms with E-state index >= 15 is 0 Å². The fraction of sp³-hybridized carbons (Fsp3) is 0.250. The van der Waals surface area contributed by atoms with Crippen molar-refractivity contribution in [3.8, 4) is 17.2 Å². The van der Waals surface area contributed by atoms with Crippen LogP contribution in [0.25, 0.3) is 0 Å². The van der Waals surface area contributed by atoms with Crippen molar-refractivity contribution in [2.45, 2.75) is 13.2 Å². The molecule has 5 heteroatoms. The van der Waals surface area contributed by atoms with Crippen LogP contribution in [0.2, 0.25) is 5.02 Å². The second-order valence-electron chi connectivity index (χ2n) is 4.66. The molecule has 0 atom stereocenters. The Morgan fingerprint density at radius 2 is 1.95 bits per heavy atom. The maximum Gasteiger partial charge on any atom is 0.179 e. The number of hydrogen-bond acceptors (Lipinski definition) is 4. The molecule has 4 nitrogen and oxygen atoms in total. The highest BCUT2D eigenvalue weighted by Crippen LogP contribution is 2.38. The molecule has 1 aliphatic rings. The molecule has 0 fully saturated rings. The quantitative estimate of drug-likeness (QED) is 0.942. The van der Waals surface area contributed by atoms with Crippen LogP contribution in [-0.4, -0.2) is 18.3 Å². The van der Waals surface area contributed by atoms with Gasteiger partial charge in [0, 0.05) is 5.56 Å². The zero-order valence-electron chi connectivity index (χ0n) is 11.3. The average Bonchev–Trinajstić information content (AvgIpc) is 2.53. The minimum atomic E-state index is -0.0575. The maximum atomic E-state index is 9.28. The van der Waals surface area contributed by atoms with E-state index in [9.17, 15) is 5.11 Å². The Morgan fingerprint density at radius 1 is 1.14 bits per heavy atom. The number of halogens is 1. The summed E-state index contributed by atoms with van der Waals surface area (Å²) in [6.07, 6.45) is 0. The molecule has 2 aromatic rings. The topological polar surface area (TPSA) is 47.9 Å². The molecular formula is C16H15ClO4. The van der Waals surface area contributed by atoms with Crippen molar-refractivity contribution in [2.75, 3.05) is 13.2 Å². The normalized spacial score (nSPS) is 13.0. The van der Waals surface area contributed by atoms with Gasteiger partial charge in [-0.1, -0.05) is 29.8 Å². The van der Waals surface area contributed by atoms with E-state index in [1.807, 2.05) is 30.3 Å². The first kappa shape index (κ1) is 14.0. The predicted octanol–water partition coefficient (Wildman–Crippen LogP) is 3.18. The zero-order valence-corrected chi connectivity index (χ0v) is 12.1. The standard InChI is InChI=1S/C16H15ClO4/c17-13-7-11(8-15-16(13)20-6-5-19-15)10-21-14-4-2-1-3-12(14)9-18/h1-4,7-8,18H,5-6,9-10H2. The summed E-state index contributed by atoms with van der Waals surface area (Å²) in [5.41, 5.74) is 1.64. The molecule has 0 saturated carbocycles. The van der Waals surface area contributed by atoms with Crippen LogP contribution in [0.3, 0.4) is 0 Å². The third-order valence-electron chi connectivity index (χ3n) is 3.19. The van der Waals surface area contributed by atoms with Crippen molar-refractivity contribution in [1.82, 2.24) is 0 Å². The SMILES string of the molecule is OCc1ccccc1OCc1cc(Cl)c2c(c1)OCCO2. The Kier molecular flexibility index (Phi) is 4.18. The number of aliphatic hydroxyl groups is 1. The number of rotatable bonds is 4. The second kappa shape index (κ2) is 6.24. The minimum absolute atomic E-state index is 0.0575. The molecule has 21 heavy (non-hydrogen) atoms. The predicted molar refractivity (Wildman–Crippen MR) is 79.1 cm³/mol. The van der Waals surface area contributed by atoms with Gasteiger partial charge in [-0.05, 0) is 23.8 Å². The molecule has 1 N–H and O–H groups in total. The van der Waals surface area contributed by atoms with Gasteiger partial charge in [0.05, 0.1) is 11.6 Å². The van der Waals surface area contributed by atoms with Gasteiger partial charge in [-0.3, -0.25) is 0 Å². The lowest BCUT2D eigenvalue weighted by Crippen LogP contribution is -2.16. The van der Waals surface area contributed by atoms with Crippen LogP contribution in [0, 0.1) is 0 Å². The summed E-state index contributed by atoms with van der Waals surface area (Å²) in [7, 11) is 0. The number of fused-ring (bicyclic) bond motifs is 1. The van der Waals surface area contributed by atoms with Crippen LogP contribution in [0.15, 0.2) is 36.4 Å². The Balaban J connectivity index is 1.78. The van der Waals surface area contributed by atoms with Crippen molar-refractivity contribution in [3.05, 3.63) is 52.5 Å². The van der Waals surface area contributed by atoms with E-state index < -0.39 is 0 Å². The highest BCUT2D eigenvalue weighted by Gasteiger charge is 2.16. The largest absolute Gasteiger partial charge is 0.489 e. The Hall–Kier alpha value is -1.91. The van der Waals surface area contributed by atoms with Crippen molar-refractivity contribution < 1.29 is 19.3 Å². The molecule has 0 saturated heterocycles. The van der Waals surface area contributed by atoms with Crippen LogP contribution in [0.1, 0.15) is 11.1 Å². The Morgan fingerprint density at radius 3 is 2.81 bits per heavy atom. The smallest absolute Gasteiger partial charge is 0.179 e. The third kappa shape index (κ3) is 3.06. The van der Waals surface area contributed by atoms with Gasteiger partial charge in [0.2, 0.25) is 0 Å². The van der Waals surface area contributed by atoms with E-state index in [1.165, 1.54) is 0 Å². The number of ether oxygens (including phenoxy) is 3. The van der Waals surface area contributed by atoms with Gasteiger partial charge in [0.15, 0.2) is 11.5 Å². The van der Waals surface area contributed by atoms with Gasteiger partial charge in [-0.25, -0.2) is 0 Å². The molecule has 0 unspecified atom stereocenters. The van der Waals surface area contributed by atoms with Crippen LogP contribution in [0.4, 0.5) is 0 Å². The van der Waals surface area contributed by atoms with Crippen LogP contribution < -0.4 is 14.2 Å². The number of benzene rings is 2.